The lowest BCUT2D eigenvalue weighted by molar-refractivity contribution is -0.135. The number of likely N-dealkylation sites (N-methyl/N-ethyl adjacent to an activating group) is 1. The average molecular weight is 324 g/mol. The summed E-state index contributed by atoms with van der Waals surface area (Å²) < 4.78 is 36.1. The number of alkyl halides is 3. The second kappa shape index (κ2) is 10.3. The number of hydrogen-bond donors (Lipinski definition) is 2. The van der Waals surface area contributed by atoms with Crippen LogP contribution < -0.4 is 10.6 Å². The second-order valence-electron chi connectivity index (χ2n) is 5.73. The van der Waals surface area contributed by atoms with E-state index in [1.165, 1.54) is 4.90 Å². The summed E-state index contributed by atoms with van der Waals surface area (Å²) in [5.74, 6) is 0.709. The van der Waals surface area contributed by atoms with Crippen molar-refractivity contribution in [2.24, 2.45) is 10.9 Å². The molecule has 0 aromatic heterocycles. The molecule has 22 heavy (non-hydrogen) atoms. The molecule has 0 aliphatic rings. The first-order valence-corrected chi connectivity index (χ1v) is 7.41. The van der Waals surface area contributed by atoms with Gasteiger partial charge in [-0.2, -0.15) is 13.2 Å². The summed E-state index contributed by atoms with van der Waals surface area (Å²) in [5, 5.41) is 6.02. The lowest BCUT2D eigenvalue weighted by atomic mass is 10.2. The van der Waals surface area contributed by atoms with Gasteiger partial charge in [0, 0.05) is 33.6 Å². The topological polar surface area (TPSA) is 56.7 Å². The van der Waals surface area contributed by atoms with Crippen LogP contribution in [-0.4, -0.2) is 56.7 Å². The third-order valence-corrected chi connectivity index (χ3v) is 2.73. The van der Waals surface area contributed by atoms with E-state index in [-0.39, 0.29) is 18.9 Å². The van der Waals surface area contributed by atoms with Crippen molar-refractivity contribution in [1.82, 2.24) is 15.5 Å². The van der Waals surface area contributed by atoms with E-state index >= 15 is 0 Å². The van der Waals surface area contributed by atoms with Crippen LogP contribution >= 0.6 is 0 Å². The van der Waals surface area contributed by atoms with Gasteiger partial charge >= 0.3 is 6.18 Å². The molecule has 0 saturated heterocycles. The fourth-order valence-corrected chi connectivity index (χ4v) is 1.42. The predicted molar refractivity (Wildman–Crippen MR) is 81.7 cm³/mol. The Kier molecular flexibility index (Phi) is 9.60. The molecule has 0 aromatic carbocycles. The molecule has 0 spiro atoms. The van der Waals surface area contributed by atoms with E-state index in [1.807, 2.05) is 13.8 Å². The van der Waals surface area contributed by atoms with Gasteiger partial charge in [-0.25, -0.2) is 4.99 Å². The fourth-order valence-electron chi connectivity index (χ4n) is 1.42. The SMILES string of the molecule is CC(C)CNC(=NCC(=O)N(C)C)NCCCCC(F)(F)F. The molecule has 0 radical (unpaired) electrons. The molecule has 0 unspecified atom stereocenters. The molecule has 1 amide bonds. The minimum absolute atomic E-state index is 0.00296. The summed E-state index contributed by atoms with van der Waals surface area (Å²) in [6, 6.07) is 0. The number of nitrogens with one attached hydrogen (secondary N) is 2. The highest BCUT2D eigenvalue weighted by molar-refractivity contribution is 5.84. The van der Waals surface area contributed by atoms with Crippen LogP contribution in [0.15, 0.2) is 4.99 Å². The van der Waals surface area contributed by atoms with Gasteiger partial charge in [0.2, 0.25) is 5.91 Å². The van der Waals surface area contributed by atoms with Crippen molar-refractivity contribution in [3.63, 3.8) is 0 Å². The molecule has 0 atom stereocenters. The molecule has 130 valence electrons. The lowest BCUT2D eigenvalue weighted by Crippen LogP contribution is -2.40. The number of aliphatic imine (C=N–C) groups is 1. The Labute approximate surface area is 130 Å². The quantitative estimate of drug-likeness (QED) is 0.408. The van der Waals surface area contributed by atoms with Crippen LogP contribution in [0.4, 0.5) is 13.2 Å². The average Bonchev–Trinajstić information content (AvgIpc) is 2.38. The highest BCUT2D eigenvalue weighted by Gasteiger charge is 2.25. The number of carbonyl (C=O) groups is 1. The number of nitrogens with zero attached hydrogens (tertiary/aromatic N) is 2. The third kappa shape index (κ3) is 12.3. The molecule has 0 aliphatic carbocycles. The van der Waals surface area contributed by atoms with Gasteiger partial charge < -0.3 is 15.5 Å². The van der Waals surface area contributed by atoms with Gasteiger partial charge in [0.15, 0.2) is 5.96 Å². The zero-order valence-corrected chi connectivity index (χ0v) is 13.8. The molecule has 0 aromatic rings. The monoisotopic (exact) mass is 324 g/mol. The molecule has 0 saturated carbocycles. The van der Waals surface area contributed by atoms with Gasteiger partial charge in [-0.15, -0.1) is 0 Å². The number of halogens is 3. The summed E-state index contributed by atoms with van der Waals surface area (Å²) in [7, 11) is 3.28. The largest absolute Gasteiger partial charge is 0.389 e. The van der Waals surface area contributed by atoms with Crippen molar-refractivity contribution in [3.05, 3.63) is 0 Å². The molecule has 8 heteroatoms. The number of hydrogen-bond acceptors (Lipinski definition) is 2. The van der Waals surface area contributed by atoms with Crippen molar-refractivity contribution < 1.29 is 18.0 Å². The number of guanidine groups is 1. The molecule has 0 rings (SSSR count). The molecule has 0 fully saturated rings. The Hall–Kier alpha value is -1.47. The van der Waals surface area contributed by atoms with Crippen LogP contribution in [0.25, 0.3) is 0 Å². The van der Waals surface area contributed by atoms with E-state index in [4.69, 9.17) is 0 Å². The van der Waals surface area contributed by atoms with E-state index in [0.717, 1.165) is 0 Å². The number of carbonyl (C=O) groups excluding carboxylic acids is 1. The Balaban J connectivity index is 4.23. The summed E-state index contributed by atoms with van der Waals surface area (Å²) in [6.45, 7) is 5.11. The van der Waals surface area contributed by atoms with Crippen molar-refractivity contribution in [2.75, 3.05) is 33.7 Å². The smallest absolute Gasteiger partial charge is 0.356 e. The molecule has 0 heterocycles. The summed E-state index contributed by atoms with van der Waals surface area (Å²) in [4.78, 5) is 17.1. The lowest BCUT2D eigenvalue weighted by Gasteiger charge is -2.15. The van der Waals surface area contributed by atoms with Gasteiger partial charge in [-0.05, 0) is 18.8 Å². The summed E-state index contributed by atoms with van der Waals surface area (Å²) >= 11 is 0. The zero-order chi connectivity index (χ0) is 17.2. The highest BCUT2D eigenvalue weighted by atomic mass is 19.4. The van der Waals surface area contributed by atoms with Gasteiger partial charge in [0.1, 0.15) is 6.54 Å². The first-order valence-electron chi connectivity index (χ1n) is 7.41. The predicted octanol–water partition coefficient (Wildman–Crippen LogP) is 2.00. The zero-order valence-electron chi connectivity index (χ0n) is 13.8. The Morgan fingerprint density at radius 3 is 2.32 bits per heavy atom. The van der Waals surface area contributed by atoms with Crippen LogP contribution in [0.2, 0.25) is 0 Å². The number of rotatable bonds is 8. The van der Waals surface area contributed by atoms with E-state index in [2.05, 4.69) is 15.6 Å². The summed E-state index contributed by atoms with van der Waals surface area (Å²) in [5.41, 5.74) is 0. The minimum atomic E-state index is -4.11. The van der Waals surface area contributed by atoms with Crippen LogP contribution in [0.1, 0.15) is 33.1 Å². The third-order valence-electron chi connectivity index (χ3n) is 2.73. The maximum Gasteiger partial charge on any atom is 0.389 e. The van der Waals surface area contributed by atoms with Crippen molar-refractivity contribution in [2.45, 2.75) is 39.3 Å². The van der Waals surface area contributed by atoms with Crippen LogP contribution in [-0.2, 0) is 4.79 Å². The molecular formula is C14H27F3N4O. The van der Waals surface area contributed by atoms with Crippen LogP contribution in [0, 0.1) is 5.92 Å². The minimum Gasteiger partial charge on any atom is -0.356 e. The van der Waals surface area contributed by atoms with E-state index in [9.17, 15) is 18.0 Å². The number of unbranched alkanes of at least 4 members (excludes halogenated alkanes) is 1. The van der Waals surface area contributed by atoms with Gasteiger partial charge in [0.25, 0.3) is 0 Å². The molecule has 0 aliphatic heterocycles. The maximum atomic E-state index is 12.0. The van der Waals surface area contributed by atoms with E-state index in [1.54, 1.807) is 14.1 Å². The first kappa shape index (κ1) is 20.5. The fraction of sp³-hybridized carbons (Fsp3) is 0.857. The summed E-state index contributed by atoms with van der Waals surface area (Å²) in [6.07, 6.45) is -4.42. The van der Waals surface area contributed by atoms with Crippen molar-refractivity contribution in [3.8, 4) is 0 Å². The second-order valence-corrected chi connectivity index (χ2v) is 5.73. The van der Waals surface area contributed by atoms with Gasteiger partial charge in [0.05, 0.1) is 0 Å². The molecule has 0 bridgehead atoms. The Bertz CT molecular complexity index is 354. The van der Waals surface area contributed by atoms with Crippen LogP contribution in [0.5, 0.6) is 0 Å². The normalized spacial score (nSPS) is 12.5. The Morgan fingerprint density at radius 1 is 1.18 bits per heavy atom. The Morgan fingerprint density at radius 2 is 1.82 bits per heavy atom. The van der Waals surface area contributed by atoms with Crippen molar-refractivity contribution >= 4 is 11.9 Å². The van der Waals surface area contributed by atoms with E-state index in [0.29, 0.717) is 31.4 Å². The highest BCUT2D eigenvalue weighted by Crippen LogP contribution is 2.21. The standard InChI is InChI=1S/C14H27F3N4O/c1-11(2)9-19-13(20-10-12(22)21(3)4)18-8-6-5-7-14(15,16)17/h11H,5-10H2,1-4H3,(H2,18,19,20). The van der Waals surface area contributed by atoms with Crippen LogP contribution in [0.3, 0.4) is 0 Å². The first-order chi connectivity index (χ1) is 10.1. The van der Waals surface area contributed by atoms with E-state index < -0.39 is 12.6 Å². The molecule has 5 nitrogen and oxygen atoms in total. The maximum absolute atomic E-state index is 12.0. The molecular weight excluding hydrogens is 297 g/mol. The molecule has 2 N–H and O–H groups in total. The van der Waals surface area contributed by atoms with Crippen molar-refractivity contribution in [1.29, 1.82) is 0 Å². The van der Waals surface area contributed by atoms with Gasteiger partial charge in [-0.1, -0.05) is 13.8 Å². The van der Waals surface area contributed by atoms with Gasteiger partial charge in [-0.3, -0.25) is 4.79 Å². The number of amides is 1.